The maximum atomic E-state index is 12.8. The van der Waals surface area contributed by atoms with Crippen molar-refractivity contribution in [1.29, 1.82) is 0 Å². The Hall–Kier alpha value is -3.14. The normalized spacial score (nSPS) is 26.5. The van der Waals surface area contributed by atoms with Gasteiger partial charge in [0.2, 0.25) is 0 Å². The van der Waals surface area contributed by atoms with Crippen LogP contribution in [-0.4, -0.2) is 49.3 Å². The highest BCUT2D eigenvalue weighted by Gasteiger charge is 2.46. The van der Waals surface area contributed by atoms with Gasteiger partial charge in [-0.25, -0.2) is 0 Å². The number of aromatic nitrogens is 4. The van der Waals surface area contributed by atoms with Crippen LogP contribution in [0.3, 0.4) is 0 Å². The zero-order valence-corrected chi connectivity index (χ0v) is 20.0. The maximum absolute atomic E-state index is 12.8. The van der Waals surface area contributed by atoms with Crippen LogP contribution in [0.4, 0.5) is 19.0 Å². The molecule has 0 aliphatic carbocycles. The second kappa shape index (κ2) is 8.22. The highest BCUT2D eigenvalue weighted by Crippen LogP contribution is 2.42. The van der Waals surface area contributed by atoms with Gasteiger partial charge in [0.15, 0.2) is 5.82 Å². The number of halogens is 3. The minimum absolute atomic E-state index is 0.0652. The molecule has 0 amide bonds. The Balaban J connectivity index is 1.34. The Bertz CT molecular complexity index is 1210. The van der Waals surface area contributed by atoms with Gasteiger partial charge in [0.1, 0.15) is 5.75 Å². The number of anilines is 1. The van der Waals surface area contributed by atoms with E-state index in [9.17, 15) is 18.3 Å². The van der Waals surface area contributed by atoms with Gasteiger partial charge in [-0.05, 0) is 75.8 Å². The van der Waals surface area contributed by atoms with E-state index < -0.39 is 6.30 Å². The average Bonchev–Trinajstić information content (AvgIpc) is 3.28. The van der Waals surface area contributed by atoms with Crippen LogP contribution >= 0.6 is 0 Å². The molecule has 35 heavy (non-hydrogen) atoms. The Labute approximate surface area is 202 Å². The number of piperidine rings is 2. The van der Waals surface area contributed by atoms with Crippen LogP contribution in [0.2, 0.25) is 0 Å². The Morgan fingerprint density at radius 2 is 1.77 bits per heavy atom. The number of hydrogen-bond acceptors (Lipinski definition) is 6. The third-order valence-electron chi connectivity index (χ3n) is 7.44. The first kappa shape index (κ1) is 23.6. The molecule has 2 N–H and O–H groups in total. The van der Waals surface area contributed by atoms with E-state index in [1.807, 2.05) is 6.07 Å². The van der Waals surface area contributed by atoms with Gasteiger partial charge in [-0.3, -0.25) is 0 Å². The summed E-state index contributed by atoms with van der Waals surface area (Å²) in [5.41, 5.74) is 1.86. The summed E-state index contributed by atoms with van der Waals surface area (Å²) in [6.45, 7) is 4.61. The summed E-state index contributed by atoms with van der Waals surface area (Å²) in [4.78, 5) is 2.20. The van der Waals surface area contributed by atoms with Crippen LogP contribution in [0.5, 0.6) is 5.75 Å². The largest absolute Gasteiger partial charge is 0.507 e. The Morgan fingerprint density at radius 1 is 1.06 bits per heavy atom. The van der Waals surface area contributed by atoms with Crippen molar-refractivity contribution < 1.29 is 18.3 Å². The highest BCUT2D eigenvalue weighted by molar-refractivity contribution is 5.74. The second-order valence-corrected chi connectivity index (χ2v) is 10.4. The molecule has 3 aromatic rings. The molecule has 10 heteroatoms. The summed E-state index contributed by atoms with van der Waals surface area (Å²) in [6, 6.07) is 8.70. The maximum Gasteiger partial charge on any atom is 0.504 e. The number of aromatic hydroxyl groups is 1. The number of hydrogen-bond donors (Lipinski definition) is 2. The molecule has 2 aromatic heterocycles. The van der Waals surface area contributed by atoms with Crippen molar-refractivity contribution >= 4 is 5.82 Å². The number of rotatable bonds is 4. The Morgan fingerprint density at radius 3 is 2.34 bits per heavy atom. The van der Waals surface area contributed by atoms with Crippen LogP contribution in [0, 0.1) is 0 Å². The summed E-state index contributed by atoms with van der Waals surface area (Å²) >= 11 is 0. The number of phenols is 1. The number of alkyl halides is 3. The van der Waals surface area contributed by atoms with Crippen LogP contribution < -0.4 is 10.2 Å². The minimum atomic E-state index is -4.59. The van der Waals surface area contributed by atoms with Crippen molar-refractivity contribution in [2.24, 2.45) is 0 Å². The predicted molar refractivity (Wildman–Crippen MR) is 127 cm³/mol. The zero-order chi connectivity index (χ0) is 25.0. The fourth-order valence-electron chi connectivity index (χ4n) is 5.80. The van der Waals surface area contributed by atoms with Gasteiger partial charge < -0.3 is 15.3 Å². The molecule has 2 fully saturated rings. The van der Waals surface area contributed by atoms with E-state index in [-0.39, 0.29) is 27.1 Å². The monoisotopic (exact) mass is 486 g/mol. The number of nitrogens with zero attached hydrogens (tertiary/aromatic N) is 5. The zero-order valence-electron chi connectivity index (χ0n) is 20.0. The Kier molecular flexibility index (Phi) is 5.54. The molecule has 0 radical (unpaired) electrons. The summed E-state index contributed by atoms with van der Waals surface area (Å²) in [5, 5.41) is 26.5. The van der Waals surface area contributed by atoms with E-state index in [0.29, 0.717) is 22.9 Å². The van der Waals surface area contributed by atoms with Gasteiger partial charge in [-0.2, -0.15) is 9.78 Å². The standard InChI is InChI=1S/C25H29F3N6O/c1-23-9-4-10-24(2,32-23)13-18(12-23)33(3)22-8-7-20(30-31-22)19-6-5-16(11-21(19)35)17-14-29-34(15-17)25(26,27)28/h5-8,11,14-15,18,32,35H,4,9-10,12-13H2,1-3H3/t18?,23-,24+. The first-order chi connectivity index (χ1) is 16.4. The lowest BCUT2D eigenvalue weighted by atomic mass is 9.69. The minimum Gasteiger partial charge on any atom is -0.507 e. The molecule has 0 saturated carbocycles. The molecule has 7 nitrogen and oxygen atoms in total. The number of fused-ring (bicyclic) bond motifs is 2. The van der Waals surface area contributed by atoms with Crippen LogP contribution in [0.25, 0.3) is 22.4 Å². The van der Waals surface area contributed by atoms with Gasteiger partial charge in [0.05, 0.1) is 11.9 Å². The molecule has 2 saturated heterocycles. The highest BCUT2D eigenvalue weighted by atomic mass is 19.4. The average molecular weight is 487 g/mol. The van der Waals surface area contributed by atoms with Crippen LogP contribution in [-0.2, 0) is 6.30 Å². The molecule has 2 aliphatic rings. The summed E-state index contributed by atoms with van der Waals surface area (Å²) in [7, 11) is 2.05. The van der Waals surface area contributed by atoms with E-state index in [1.165, 1.54) is 25.3 Å². The molecule has 1 unspecified atom stereocenters. The molecular weight excluding hydrogens is 457 g/mol. The molecular formula is C25H29F3N6O. The molecule has 4 heterocycles. The molecule has 186 valence electrons. The van der Waals surface area contributed by atoms with Gasteiger partial charge in [-0.1, -0.05) is 6.07 Å². The molecule has 5 rings (SSSR count). The summed E-state index contributed by atoms with van der Waals surface area (Å²) in [6.07, 6.45) is 3.07. The van der Waals surface area contributed by atoms with Gasteiger partial charge >= 0.3 is 6.30 Å². The number of benzene rings is 1. The summed E-state index contributed by atoms with van der Waals surface area (Å²) in [5.74, 6) is 0.672. The van der Waals surface area contributed by atoms with E-state index in [4.69, 9.17) is 0 Å². The van der Waals surface area contributed by atoms with E-state index in [0.717, 1.165) is 31.1 Å². The van der Waals surface area contributed by atoms with Gasteiger partial charge in [-0.15, -0.1) is 23.4 Å². The smallest absolute Gasteiger partial charge is 0.504 e. The second-order valence-electron chi connectivity index (χ2n) is 10.4. The van der Waals surface area contributed by atoms with Crippen LogP contribution in [0.1, 0.15) is 46.0 Å². The van der Waals surface area contributed by atoms with Crippen molar-refractivity contribution in [3.8, 4) is 28.1 Å². The van der Waals surface area contributed by atoms with Gasteiger partial charge in [0.25, 0.3) is 0 Å². The van der Waals surface area contributed by atoms with E-state index in [1.54, 1.807) is 18.2 Å². The first-order valence-electron chi connectivity index (χ1n) is 11.8. The fraction of sp³-hybridized carbons (Fsp3) is 0.480. The molecule has 2 bridgehead atoms. The first-order valence-corrected chi connectivity index (χ1v) is 11.8. The molecule has 3 atom stereocenters. The van der Waals surface area contributed by atoms with Crippen molar-refractivity contribution in [1.82, 2.24) is 25.3 Å². The van der Waals surface area contributed by atoms with Crippen molar-refractivity contribution in [3.05, 3.63) is 42.7 Å². The van der Waals surface area contributed by atoms with Gasteiger partial charge in [0, 0.05) is 41.5 Å². The fourth-order valence-corrected chi connectivity index (χ4v) is 5.80. The van der Waals surface area contributed by atoms with Crippen molar-refractivity contribution in [2.75, 3.05) is 11.9 Å². The van der Waals surface area contributed by atoms with Crippen molar-refractivity contribution in [2.45, 2.75) is 69.4 Å². The summed E-state index contributed by atoms with van der Waals surface area (Å²) < 4.78 is 38.4. The lowest BCUT2D eigenvalue weighted by molar-refractivity contribution is -0.212. The van der Waals surface area contributed by atoms with Crippen molar-refractivity contribution in [3.63, 3.8) is 0 Å². The third-order valence-corrected chi connectivity index (χ3v) is 7.44. The molecule has 2 aliphatic heterocycles. The quantitative estimate of drug-likeness (QED) is 0.536. The molecule has 1 aromatic carbocycles. The van der Waals surface area contributed by atoms with E-state index in [2.05, 4.69) is 46.4 Å². The SMILES string of the molecule is CN(c1ccc(-c2ccc(-c3cnn(C(F)(F)F)c3)cc2O)nn1)C1C[C@]2(C)CCC[C@](C)(C1)N2. The number of nitrogens with one attached hydrogen (secondary N) is 1. The lowest BCUT2D eigenvalue weighted by Crippen LogP contribution is -2.66. The predicted octanol–water partition coefficient (Wildman–Crippen LogP) is 5.08. The lowest BCUT2D eigenvalue weighted by Gasteiger charge is -2.55. The number of phenolic OH excluding ortho intramolecular Hbond substituents is 1. The third kappa shape index (κ3) is 4.59. The van der Waals surface area contributed by atoms with E-state index >= 15 is 0 Å². The topological polar surface area (TPSA) is 79.1 Å². The van der Waals surface area contributed by atoms with Crippen LogP contribution in [0.15, 0.2) is 42.7 Å². The molecule has 0 spiro atoms.